The first-order valence-corrected chi connectivity index (χ1v) is 6.18. The maximum absolute atomic E-state index is 12.9. The molecule has 0 spiro atoms. The van der Waals surface area contributed by atoms with E-state index in [0.29, 0.717) is 11.1 Å². The highest BCUT2D eigenvalue weighted by Crippen LogP contribution is 2.24. The van der Waals surface area contributed by atoms with Crippen molar-refractivity contribution in [3.05, 3.63) is 34.1 Å². The predicted molar refractivity (Wildman–Crippen MR) is 68.4 cm³/mol. The summed E-state index contributed by atoms with van der Waals surface area (Å²) >= 11 is 3.32. The Balaban J connectivity index is 2.71. The second-order valence-corrected chi connectivity index (χ2v) is 4.74. The van der Waals surface area contributed by atoms with Crippen molar-refractivity contribution in [1.82, 2.24) is 5.32 Å². The lowest BCUT2D eigenvalue weighted by Gasteiger charge is -2.22. The minimum atomic E-state index is -0.275. The molecule has 2 unspecified atom stereocenters. The van der Waals surface area contributed by atoms with Gasteiger partial charge in [-0.15, -0.1) is 0 Å². The van der Waals surface area contributed by atoms with Gasteiger partial charge in [-0.2, -0.15) is 0 Å². The third-order valence-electron chi connectivity index (χ3n) is 2.50. The number of halogens is 2. The fraction of sp³-hybridized carbons (Fsp3) is 0.500. The molecule has 1 aromatic carbocycles. The highest BCUT2D eigenvalue weighted by molar-refractivity contribution is 9.10. The van der Waals surface area contributed by atoms with Gasteiger partial charge in [-0.3, -0.25) is 0 Å². The molecule has 96 valence electrons. The Labute approximate surface area is 109 Å². The highest BCUT2D eigenvalue weighted by atomic mass is 79.9. The van der Waals surface area contributed by atoms with Crippen LogP contribution < -0.4 is 5.32 Å². The number of nitrogens with one attached hydrogen (secondary N) is 1. The van der Waals surface area contributed by atoms with E-state index in [0.717, 1.165) is 5.56 Å². The summed E-state index contributed by atoms with van der Waals surface area (Å²) in [6, 6.07) is 4.43. The van der Waals surface area contributed by atoms with Crippen LogP contribution in [0.2, 0.25) is 0 Å². The molecule has 0 aliphatic heterocycles. The number of rotatable bonds is 6. The maximum Gasteiger partial charge on any atom is 0.124 e. The number of benzene rings is 1. The normalized spacial score (nSPS) is 14.6. The number of hydrogen-bond donors (Lipinski definition) is 2. The van der Waals surface area contributed by atoms with E-state index in [1.54, 1.807) is 13.2 Å². The number of ether oxygens (including phenoxy) is 1. The molecule has 1 aromatic rings. The topological polar surface area (TPSA) is 41.5 Å². The van der Waals surface area contributed by atoms with E-state index < -0.39 is 0 Å². The summed E-state index contributed by atoms with van der Waals surface area (Å²) in [5, 5.41) is 12.4. The number of aliphatic hydroxyl groups is 1. The molecule has 0 heterocycles. The highest BCUT2D eigenvalue weighted by Gasteiger charge is 2.14. The summed E-state index contributed by atoms with van der Waals surface area (Å²) in [5.74, 6) is -0.275. The van der Waals surface area contributed by atoms with Gasteiger partial charge in [0.1, 0.15) is 5.82 Å². The van der Waals surface area contributed by atoms with Crippen molar-refractivity contribution in [2.75, 3.05) is 20.3 Å². The van der Waals surface area contributed by atoms with Gasteiger partial charge in [-0.1, -0.05) is 22.0 Å². The van der Waals surface area contributed by atoms with Crippen molar-refractivity contribution >= 4 is 15.9 Å². The van der Waals surface area contributed by atoms with Crippen LogP contribution in [0, 0.1) is 5.82 Å². The average Bonchev–Trinajstić information content (AvgIpc) is 2.28. The van der Waals surface area contributed by atoms with Gasteiger partial charge in [-0.25, -0.2) is 4.39 Å². The predicted octanol–water partition coefficient (Wildman–Crippen LogP) is 2.25. The van der Waals surface area contributed by atoms with Gasteiger partial charge >= 0.3 is 0 Å². The van der Waals surface area contributed by atoms with Crippen LogP contribution in [0.1, 0.15) is 18.5 Å². The molecular weight excluding hydrogens is 289 g/mol. The number of hydrogen-bond acceptors (Lipinski definition) is 3. The van der Waals surface area contributed by atoms with E-state index in [1.807, 2.05) is 6.92 Å². The van der Waals surface area contributed by atoms with E-state index in [9.17, 15) is 4.39 Å². The second-order valence-electron chi connectivity index (χ2n) is 3.89. The molecule has 2 atom stereocenters. The molecule has 3 nitrogen and oxygen atoms in total. The molecule has 0 saturated carbocycles. The Morgan fingerprint density at radius 2 is 2.24 bits per heavy atom. The lowest BCUT2D eigenvalue weighted by molar-refractivity contribution is 0.123. The zero-order valence-corrected chi connectivity index (χ0v) is 11.5. The lowest BCUT2D eigenvalue weighted by atomic mass is 10.1. The summed E-state index contributed by atoms with van der Waals surface area (Å²) in [4.78, 5) is 0. The van der Waals surface area contributed by atoms with Gasteiger partial charge in [0.05, 0.1) is 19.3 Å². The number of methoxy groups -OCH3 is 1. The van der Waals surface area contributed by atoms with Gasteiger partial charge < -0.3 is 15.2 Å². The third-order valence-corrected chi connectivity index (χ3v) is 3.19. The van der Waals surface area contributed by atoms with Gasteiger partial charge in [0.25, 0.3) is 0 Å². The molecule has 0 fully saturated rings. The van der Waals surface area contributed by atoms with Crippen LogP contribution in [0.3, 0.4) is 0 Å². The third kappa shape index (κ3) is 4.35. The second kappa shape index (κ2) is 7.06. The Kier molecular flexibility index (Phi) is 6.05. The molecule has 0 saturated heterocycles. The van der Waals surface area contributed by atoms with Gasteiger partial charge in [0.15, 0.2) is 0 Å². The van der Waals surface area contributed by atoms with Crippen molar-refractivity contribution in [3.8, 4) is 0 Å². The smallest absolute Gasteiger partial charge is 0.124 e. The Morgan fingerprint density at radius 3 is 2.76 bits per heavy atom. The summed E-state index contributed by atoms with van der Waals surface area (Å²) in [6.07, 6.45) is 0. The van der Waals surface area contributed by atoms with Gasteiger partial charge in [0.2, 0.25) is 0 Å². The first-order chi connectivity index (χ1) is 8.08. The Hall–Kier alpha value is -0.490. The fourth-order valence-electron chi connectivity index (χ4n) is 1.65. The fourth-order valence-corrected chi connectivity index (χ4v) is 2.34. The molecule has 17 heavy (non-hydrogen) atoms. The van der Waals surface area contributed by atoms with Crippen LogP contribution in [-0.2, 0) is 4.74 Å². The molecule has 0 bridgehead atoms. The molecule has 0 aliphatic carbocycles. The quantitative estimate of drug-likeness (QED) is 0.847. The summed E-state index contributed by atoms with van der Waals surface area (Å²) < 4.78 is 18.7. The average molecular weight is 306 g/mol. The van der Waals surface area contributed by atoms with Crippen LogP contribution in [0.25, 0.3) is 0 Å². The van der Waals surface area contributed by atoms with Crippen LogP contribution in [0.15, 0.2) is 22.7 Å². The first kappa shape index (κ1) is 14.6. The molecule has 2 N–H and O–H groups in total. The van der Waals surface area contributed by atoms with Gasteiger partial charge in [0, 0.05) is 17.6 Å². The van der Waals surface area contributed by atoms with E-state index in [4.69, 9.17) is 9.84 Å². The van der Waals surface area contributed by atoms with Crippen LogP contribution in [0.5, 0.6) is 0 Å². The monoisotopic (exact) mass is 305 g/mol. The van der Waals surface area contributed by atoms with E-state index in [-0.39, 0.29) is 24.5 Å². The zero-order chi connectivity index (χ0) is 12.8. The number of aliphatic hydroxyl groups excluding tert-OH is 1. The summed E-state index contributed by atoms with van der Waals surface area (Å²) in [7, 11) is 1.59. The Bertz CT molecular complexity index is 362. The first-order valence-electron chi connectivity index (χ1n) is 5.39. The van der Waals surface area contributed by atoms with Gasteiger partial charge in [-0.05, 0) is 24.6 Å². The molecular formula is C12H17BrFNO2. The van der Waals surface area contributed by atoms with E-state index >= 15 is 0 Å². The van der Waals surface area contributed by atoms with E-state index in [1.165, 1.54) is 12.1 Å². The Morgan fingerprint density at radius 1 is 1.53 bits per heavy atom. The van der Waals surface area contributed by atoms with Crippen molar-refractivity contribution in [2.24, 2.45) is 0 Å². The summed E-state index contributed by atoms with van der Waals surface area (Å²) in [6.45, 7) is 2.38. The molecule has 0 amide bonds. The lowest BCUT2D eigenvalue weighted by Crippen LogP contribution is -2.38. The molecule has 0 radical (unpaired) electrons. The van der Waals surface area contributed by atoms with Crippen LogP contribution in [0.4, 0.5) is 4.39 Å². The maximum atomic E-state index is 12.9. The summed E-state index contributed by atoms with van der Waals surface area (Å²) in [5.41, 5.74) is 0.945. The molecule has 5 heteroatoms. The largest absolute Gasteiger partial charge is 0.395 e. The minimum Gasteiger partial charge on any atom is -0.395 e. The van der Waals surface area contributed by atoms with Crippen molar-refractivity contribution in [2.45, 2.75) is 19.0 Å². The minimum absolute atomic E-state index is 0.00252. The molecule has 1 rings (SSSR count). The van der Waals surface area contributed by atoms with Crippen molar-refractivity contribution in [3.63, 3.8) is 0 Å². The molecule has 0 aliphatic rings. The molecule has 0 aromatic heterocycles. The standard InChI is InChI=1S/C12H17BrFNO2/c1-8(15-10(6-16)7-17-2)11-4-3-9(14)5-12(11)13/h3-5,8,10,15-16H,6-7H2,1-2H3. The van der Waals surface area contributed by atoms with Crippen molar-refractivity contribution in [1.29, 1.82) is 0 Å². The van der Waals surface area contributed by atoms with Crippen molar-refractivity contribution < 1.29 is 14.2 Å². The van der Waals surface area contributed by atoms with Crippen LogP contribution >= 0.6 is 15.9 Å². The van der Waals surface area contributed by atoms with Crippen LogP contribution in [-0.4, -0.2) is 31.5 Å². The zero-order valence-electron chi connectivity index (χ0n) is 9.91. The van der Waals surface area contributed by atoms with E-state index in [2.05, 4.69) is 21.2 Å². The SMILES string of the molecule is COCC(CO)NC(C)c1ccc(F)cc1Br.